The molecule has 22 heavy (non-hydrogen) atoms. The van der Waals surface area contributed by atoms with E-state index in [1.165, 1.54) is 19.1 Å². The minimum absolute atomic E-state index is 0.133. The Hall–Kier alpha value is -1.77. The molecule has 0 heterocycles. The van der Waals surface area contributed by atoms with E-state index in [9.17, 15) is 26.4 Å². The van der Waals surface area contributed by atoms with Crippen molar-refractivity contribution < 1.29 is 31.1 Å². The highest BCUT2D eigenvalue weighted by Crippen LogP contribution is 2.36. The number of carbonyl (C=O) groups is 1. The molecule has 0 aliphatic carbocycles. The molecule has 0 saturated heterocycles. The van der Waals surface area contributed by atoms with E-state index in [0.717, 1.165) is 18.4 Å². The van der Waals surface area contributed by atoms with Crippen molar-refractivity contribution in [2.45, 2.75) is 19.2 Å². The number of ether oxygens (including phenoxy) is 1. The van der Waals surface area contributed by atoms with E-state index in [-0.39, 0.29) is 12.3 Å². The molecule has 0 spiro atoms. The molecule has 0 radical (unpaired) electrons. The van der Waals surface area contributed by atoms with E-state index in [2.05, 4.69) is 5.32 Å². The second-order valence-corrected chi connectivity index (χ2v) is 6.93. The van der Waals surface area contributed by atoms with Crippen molar-refractivity contribution in [2.75, 3.05) is 18.6 Å². The summed E-state index contributed by atoms with van der Waals surface area (Å²) < 4.78 is 65.2. The highest BCUT2D eigenvalue weighted by atomic mass is 32.2. The topological polar surface area (TPSA) is 72.5 Å². The fourth-order valence-corrected chi connectivity index (χ4v) is 2.02. The van der Waals surface area contributed by atoms with Crippen LogP contribution in [0.15, 0.2) is 24.3 Å². The third kappa shape index (κ3) is 5.92. The minimum Gasteiger partial charge on any atom is -0.480 e. The van der Waals surface area contributed by atoms with Gasteiger partial charge in [0.1, 0.15) is 15.6 Å². The maximum absolute atomic E-state index is 12.8. The molecular weight excluding hydrogens is 323 g/mol. The Kier molecular flexibility index (Phi) is 5.81. The summed E-state index contributed by atoms with van der Waals surface area (Å²) in [6.07, 6.45) is -4.77. The summed E-state index contributed by atoms with van der Waals surface area (Å²) in [4.78, 5) is 11.7. The van der Waals surface area contributed by atoms with Gasteiger partial charge in [0.15, 0.2) is 6.10 Å². The van der Waals surface area contributed by atoms with Gasteiger partial charge in [-0.15, -0.1) is 0 Å². The molecule has 0 saturated carbocycles. The number of benzene rings is 1. The zero-order valence-electron chi connectivity index (χ0n) is 12.0. The fourth-order valence-electron chi connectivity index (χ4n) is 1.55. The number of amides is 1. The van der Waals surface area contributed by atoms with Crippen molar-refractivity contribution >= 4 is 15.7 Å². The van der Waals surface area contributed by atoms with Gasteiger partial charge < -0.3 is 10.1 Å². The number of nitrogens with one attached hydrogen (secondary N) is 1. The van der Waals surface area contributed by atoms with Gasteiger partial charge >= 0.3 is 6.18 Å². The summed E-state index contributed by atoms with van der Waals surface area (Å²) in [5, 5.41) is 2.29. The first-order valence-corrected chi connectivity index (χ1v) is 8.35. The lowest BCUT2D eigenvalue weighted by Crippen LogP contribution is -2.38. The summed E-state index contributed by atoms with van der Waals surface area (Å²) >= 11 is 0. The van der Waals surface area contributed by atoms with Crippen LogP contribution in [0.4, 0.5) is 13.2 Å². The Morgan fingerprint density at radius 2 is 1.91 bits per heavy atom. The van der Waals surface area contributed by atoms with Gasteiger partial charge in [-0.25, -0.2) is 8.42 Å². The standard InChI is InChI=1S/C13H16F3NO4S/c1-9(12(18)17-7-8-22(2,19)20)21-11-6-4-3-5-10(11)13(14,15)16/h3-6,9H,7-8H2,1-2H3,(H,17,18)/t9-/m0/s1. The maximum Gasteiger partial charge on any atom is 0.419 e. The normalized spacial score (nSPS) is 13.5. The molecule has 9 heteroatoms. The summed E-state index contributed by atoms with van der Waals surface area (Å²) in [6, 6.07) is 4.54. The molecule has 124 valence electrons. The number of para-hydroxylation sites is 1. The molecular formula is C13H16F3NO4S. The Morgan fingerprint density at radius 1 is 1.32 bits per heavy atom. The number of halogens is 3. The second kappa shape index (κ2) is 6.99. The van der Waals surface area contributed by atoms with Crippen molar-refractivity contribution in [1.29, 1.82) is 0 Å². The summed E-state index contributed by atoms with van der Waals surface area (Å²) in [7, 11) is -3.23. The van der Waals surface area contributed by atoms with E-state index in [1.807, 2.05) is 0 Å². The Bertz CT molecular complexity index is 628. The molecule has 1 atom stereocenters. The van der Waals surface area contributed by atoms with Crippen molar-refractivity contribution in [3.05, 3.63) is 29.8 Å². The molecule has 0 fully saturated rings. The molecule has 0 aliphatic heterocycles. The van der Waals surface area contributed by atoms with Crippen molar-refractivity contribution in [3.63, 3.8) is 0 Å². The predicted molar refractivity (Wildman–Crippen MR) is 74.3 cm³/mol. The average Bonchev–Trinajstić information content (AvgIpc) is 2.36. The second-order valence-electron chi connectivity index (χ2n) is 4.67. The zero-order chi connectivity index (χ0) is 17.0. The largest absolute Gasteiger partial charge is 0.480 e. The Morgan fingerprint density at radius 3 is 2.45 bits per heavy atom. The first-order chi connectivity index (χ1) is 10.0. The van der Waals surface area contributed by atoms with Crippen LogP contribution in [0.2, 0.25) is 0 Å². The van der Waals surface area contributed by atoms with Crippen molar-refractivity contribution in [2.24, 2.45) is 0 Å². The van der Waals surface area contributed by atoms with E-state index < -0.39 is 39.3 Å². The predicted octanol–water partition coefficient (Wildman–Crippen LogP) is 1.63. The zero-order valence-corrected chi connectivity index (χ0v) is 12.8. The van der Waals surface area contributed by atoms with Gasteiger partial charge in [-0.3, -0.25) is 4.79 Å². The van der Waals surface area contributed by atoms with E-state index in [0.29, 0.717) is 0 Å². The molecule has 0 bridgehead atoms. The first kappa shape index (κ1) is 18.3. The van der Waals surface area contributed by atoms with Crippen LogP contribution in [0.3, 0.4) is 0 Å². The van der Waals surface area contributed by atoms with E-state index in [4.69, 9.17) is 4.74 Å². The number of hydrogen-bond donors (Lipinski definition) is 1. The van der Waals surface area contributed by atoms with Gasteiger partial charge in [0.25, 0.3) is 5.91 Å². The van der Waals surface area contributed by atoms with Crippen LogP contribution < -0.4 is 10.1 Å². The minimum atomic E-state index is -4.59. The highest BCUT2D eigenvalue weighted by Gasteiger charge is 2.34. The van der Waals surface area contributed by atoms with E-state index in [1.54, 1.807) is 0 Å². The molecule has 1 aromatic rings. The highest BCUT2D eigenvalue weighted by molar-refractivity contribution is 7.90. The fraction of sp³-hybridized carbons (Fsp3) is 0.462. The Balaban J connectivity index is 2.69. The molecule has 0 aliphatic rings. The lowest BCUT2D eigenvalue weighted by atomic mass is 10.2. The molecule has 0 aromatic heterocycles. The number of rotatable bonds is 6. The molecule has 0 unspecified atom stereocenters. The smallest absolute Gasteiger partial charge is 0.419 e. The quantitative estimate of drug-likeness (QED) is 0.855. The lowest BCUT2D eigenvalue weighted by Gasteiger charge is -2.18. The van der Waals surface area contributed by atoms with Crippen LogP contribution in [0, 0.1) is 0 Å². The third-order valence-corrected chi connectivity index (χ3v) is 3.58. The molecule has 1 rings (SSSR count). The third-order valence-electron chi connectivity index (χ3n) is 2.64. The maximum atomic E-state index is 12.8. The number of carbonyl (C=O) groups excluding carboxylic acids is 1. The van der Waals surface area contributed by atoms with Crippen molar-refractivity contribution in [3.8, 4) is 5.75 Å². The average molecular weight is 339 g/mol. The summed E-state index contributed by atoms with van der Waals surface area (Å²) in [5.74, 6) is -1.41. The van der Waals surface area contributed by atoms with Crippen LogP contribution in [0.1, 0.15) is 12.5 Å². The number of alkyl halides is 3. The van der Waals surface area contributed by atoms with Crippen LogP contribution in [-0.4, -0.2) is 39.0 Å². The summed E-state index contributed by atoms with van der Waals surface area (Å²) in [5.41, 5.74) is -0.981. The molecule has 1 amide bonds. The Labute approximate surface area is 126 Å². The van der Waals surface area contributed by atoms with Gasteiger partial charge in [0.2, 0.25) is 0 Å². The van der Waals surface area contributed by atoms with Gasteiger partial charge in [-0.05, 0) is 19.1 Å². The molecule has 5 nitrogen and oxygen atoms in total. The SMILES string of the molecule is C[C@H](Oc1ccccc1C(F)(F)F)C(=O)NCCS(C)(=O)=O. The van der Waals surface area contributed by atoms with Crippen LogP contribution in [0.25, 0.3) is 0 Å². The van der Waals surface area contributed by atoms with Crippen LogP contribution in [-0.2, 0) is 20.8 Å². The van der Waals surface area contributed by atoms with Gasteiger partial charge in [0, 0.05) is 12.8 Å². The molecule has 1 aromatic carbocycles. The molecule has 1 N–H and O–H groups in total. The van der Waals surface area contributed by atoms with Gasteiger partial charge in [-0.2, -0.15) is 13.2 Å². The van der Waals surface area contributed by atoms with Crippen molar-refractivity contribution in [1.82, 2.24) is 5.32 Å². The van der Waals surface area contributed by atoms with Gasteiger partial charge in [-0.1, -0.05) is 12.1 Å². The first-order valence-electron chi connectivity index (χ1n) is 6.29. The monoisotopic (exact) mass is 339 g/mol. The van der Waals surface area contributed by atoms with Crippen LogP contribution >= 0.6 is 0 Å². The van der Waals surface area contributed by atoms with Gasteiger partial charge in [0.05, 0.1) is 11.3 Å². The lowest BCUT2D eigenvalue weighted by molar-refractivity contribution is -0.140. The summed E-state index contributed by atoms with van der Waals surface area (Å²) in [6.45, 7) is 1.15. The van der Waals surface area contributed by atoms with Crippen LogP contribution in [0.5, 0.6) is 5.75 Å². The number of sulfone groups is 1. The van der Waals surface area contributed by atoms with E-state index >= 15 is 0 Å². The number of hydrogen-bond acceptors (Lipinski definition) is 4.